The first-order valence-corrected chi connectivity index (χ1v) is 9.79. The number of aliphatic hydroxyl groups excluding tert-OH is 1. The molecule has 9 nitrogen and oxygen atoms in total. The molecule has 166 valence electrons. The van der Waals surface area contributed by atoms with E-state index in [2.05, 4.69) is 25.9 Å². The molecule has 0 radical (unpaired) electrons. The molecule has 1 aliphatic heterocycles. The van der Waals surface area contributed by atoms with Crippen LogP contribution in [0, 0.1) is 11.6 Å². The lowest BCUT2D eigenvalue weighted by atomic mass is 9.97. The maximum atomic E-state index is 13.7. The van der Waals surface area contributed by atoms with Gasteiger partial charge in [-0.1, -0.05) is 0 Å². The second kappa shape index (κ2) is 10.7. The van der Waals surface area contributed by atoms with Gasteiger partial charge in [0.15, 0.2) is 0 Å². The lowest BCUT2D eigenvalue weighted by Crippen LogP contribution is -2.52. The van der Waals surface area contributed by atoms with E-state index >= 15 is 0 Å². The van der Waals surface area contributed by atoms with E-state index in [4.69, 9.17) is 4.74 Å². The first-order valence-electron chi connectivity index (χ1n) is 9.79. The Hall–Kier alpha value is -3.18. The Balaban J connectivity index is 1.45. The van der Waals surface area contributed by atoms with Gasteiger partial charge in [0.1, 0.15) is 23.4 Å². The van der Waals surface area contributed by atoms with Crippen LogP contribution in [0.1, 0.15) is 29.8 Å². The topological polar surface area (TPSA) is 125 Å². The molecule has 0 saturated carbocycles. The third-order valence-corrected chi connectivity index (χ3v) is 4.84. The van der Waals surface area contributed by atoms with Crippen molar-refractivity contribution in [3.8, 4) is 0 Å². The number of carbonyl (C=O) groups excluding carboxylic acids is 2. The summed E-state index contributed by atoms with van der Waals surface area (Å²) in [5.41, 5.74) is -0.0724. The summed E-state index contributed by atoms with van der Waals surface area (Å²) in [6, 6.07) is 1.50. The number of urea groups is 1. The van der Waals surface area contributed by atoms with Crippen LogP contribution in [-0.2, 0) is 4.74 Å². The van der Waals surface area contributed by atoms with Crippen molar-refractivity contribution in [1.82, 2.24) is 20.6 Å². The Morgan fingerprint density at radius 3 is 2.81 bits per heavy atom. The quantitative estimate of drug-likeness (QED) is 0.524. The maximum absolute atomic E-state index is 13.7. The number of amides is 3. The van der Waals surface area contributed by atoms with Crippen LogP contribution in [0.15, 0.2) is 36.8 Å². The SMILES string of the molecule is O=C(Nc1cc(F)ccc1F)N[C@@H]1CC[C@H](CCNC(=O)c2cnccn2)O[C@H]1CO. The molecule has 1 aliphatic rings. The minimum Gasteiger partial charge on any atom is -0.394 e. The molecule has 1 aromatic heterocycles. The summed E-state index contributed by atoms with van der Waals surface area (Å²) in [5.74, 6) is -1.79. The largest absolute Gasteiger partial charge is 0.394 e. The van der Waals surface area contributed by atoms with Gasteiger partial charge >= 0.3 is 6.03 Å². The number of aromatic nitrogens is 2. The van der Waals surface area contributed by atoms with Gasteiger partial charge in [-0.3, -0.25) is 9.78 Å². The fourth-order valence-corrected chi connectivity index (χ4v) is 3.28. The van der Waals surface area contributed by atoms with Gasteiger partial charge in [-0.25, -0.2) is 18.6 Å². The number of rotatable bonds is 7. The summed E-state index contributed by atoms with van der Waals surface area (Å²) >= 11 is 0. The number of anilines is 1. The van der Waals surface area contributed by atoms with Crippen LogP contribution in [0.2, 0.25) is 0 Å². The van der Waals surface area contributed by atoms with Gasteiger partial charge < -0.3 is 25.8 Å². The molecule has 2 heterocycles. The molecule has 1 aromatic carbocycles. The molecule has 3 rings (SSSR count). The van der Waals surface area contributed by atoms with Gasteiger partial charge in [0.05, 0.1) is 30.6 Å². The molecular weight excluding hydrogens is 412 g/mol. The molecule has 3 atom stereocenters. The highest BCUT2D eigenvalue weighted by Gasteiger charge is 2.32. The van der Waals surface area contributed by atoms with Crippen molar-refractivity contribution < 1.29 is 28.2 Å². The summed E-state index contributed by atoms with van der Waals surface area (Å²) in [4.78, 5) is 31.9. The number of halogens is 2. The predicted molar refractivity (Wildman–Crippen MR) is 106 cm³/mol. The highest BCUT2D eigenvalue weighted by molar-refractivity contribution is 5.91. The summed E-state index contributed by atoms with van der Waals surface area (Å²) in [7, 11) is 0. The second-order valence-electron chi connectivity index (χ2n) is 7.02. The molecule has 3 amide bonds. The minimum absolute atomic E-state index is 0.213. The predicted octanol–water partition coefficient (Wildman–Crippen LogP) is 1.60. The number of ether oxygens (including phenoxy) is 1. The third-order valence-electron chi connectivity index (χ3n) is 4.84. The van der Waals surface area contributed by atoms with Crippen LogP contribution in [0.25, 0.3) is 0 Å². The van der Waals surface area contributed by atoms with Crippen LogP contribution in [-0.4, -0.2) is 58.4 Å². The summed E-state index contributed by atoms with van der Waals surface area (Å²) < 4.78 is 32.7. The fraction of sp³-hybridized carbons (Fsp3) is 0.400. The first-order chi connectivity index (χ1) is 15.0. The zero-order valence-corrected chi connectivity index (χ0v) is 16.6. The molecule has 0 bridgehead atoms. The number of carbonyl (C=O) groups is 2. The molecule has 31 heavy (non-hydrogen) atoms. The lowest BCUT2D eigenvalue weighted by Gasteiger charge is -2.36. The second-order valence-corrected chi connectivity index (χ2v) is 7.02. The van der Waals surface area contributed by atoms with Gasteiger partial charge in [0.2, 0.25) is 0 Å². The lowest BCUT2D eigenvalue weighted by molar-refractivity contribution is -0.0886. The Bertz CT molecular complexity index is 902. The van der Waals surface area contributed by atoms with Crippen LogP contribution in [0.4, 0.5) is 19.3 Å². The number of aliphatic hydroxyl groups is 1. The number of nitrogens with one attached hydrogen (secondary N) is 3. The minimum atomic E-state index is -0.765. The Kier molecular flexibility index (Phi) is 7.79. The molecule has 2 aromatic rings. The summed E-state index contributed by atoms with van der Waals surface area (Å²) in [6.45, 7) is 0.0113. The van der Waals surface area contributed by atoms with Gasteiger partial charge in [0, 0.05) is 25.0 Å². The van der Waals surface area contributed by atoms with Gasteiger partial charge in [-0.2, -0.15) is 0 Å². The number of hydrogen-bond acceptors (Lipinski definition) is 6. The van der Waals surface area contributed by atoms with E-state index in [-0.39, 0.29) is 30.0 Å². The van der Waals surface area contributed by atoms with E-state index in [1.54, 1.807) is 0 Å². The van der Waals surface area contributed by atoms with Crippen molar-refractivity contribution >= 4 is 17.6 Å². The number of hydrogen-bond donors (Lipinski definition) is 4. The van der Waals surface area contributed by atoms with E-state index in [0.29, 0.717) is 25.8 Å². The van der Waals surface area contributed by atoms with Crippen molar-refractivity contribution in [3.05, 3.63) is 54.1 Å². The van der Waals surface area contributed by atoms with Gasteiger partial charge in [-0.15, -0.1) is 0 Å². The van der Waals surface area contributed by atoms with Crippen LogP contribution >= 0.6 is 0 Å². The maximum Gasteiger partial charge on any atom is 0.319 e. The molecule has 1 fully saturated rings. The van der Waals surface area contributed by atoms with Crippen molar-refractivity contribution in [2.24, 2.45) is 0 Å². The van der Waals surface area contributed by atoms with E-state index in [9.17, 15) is 23.5 Å². The smallest absolute Gasteiger partial charge is 0.319 e. The van der Waals surface area contributed by atoms with Crippen molar-refractivity contribution in [2.45, 2.75) is 37.5 Å². The molecule has 4 N–H and O–H groups in total. The van der Waals surface area contributed by atoms with E-state index in [1.165, 1.54) is 18.6 Å². The molecule has 11 heteroatoms. The van der Waals surface area contributed by atoms with Gasteiger partial charge in [0.25, 0.3) is 5.91 Å². The first kappa shape index (κ1) is 22.5. The monoisotopic (exact) mass is 435 g/mol. The van der Waals surface area contributed by atoms with E-state index in [1.807, 2.05) is 0 Å². The molecule has 0 spiro atoms. The third kappa shape index (κ3) is 6.40. The fourth-order valence-electron chi connectivity index (χ4n) is 3.28. The molecule has 1 saturated heterocycles. The van der Waals surface area contributed by atoms with Crippen molar-refractivity contribution in [2.75, 3.05) is 18.5 Å². The van der Waals surface area contributed by atoms with Crippen LogP contribution in [0.5, 0.6) is 0 Å². The standard InChI is InChI=1S/C20H23F2N5O4/c21-12-1-3-14(22)16(9-12)27-20(30)26-15-4-2-13(31-18(15)11-28)5-6-25-19(29)17-10-23-7-8-24-17/h1,3,7-10,13,15,18,28H,2,4-6,11H2,(H,25,29)(H2,26,27,30)/t13-,15-,18+/m1/s1. The molecular formula is C20H23F2N5O4. The van der Waals surface area contributed by atoms with Crippen LogP contribution < -0.4 is 16.0 Å². The number of benzene rings is 1. The van der Waals surface area contributed by atoms with Crippen molar-refractivity contribution in [3.63, 3.8) is 0 Å². The molecule has 0 aliphatic carbocycles. The van der Waals surface area contributed by atoms with Gasteiger partial charge in [-0.05, 0) is 31.4 Å². The summed E-state index contributed by atoms with van der Waals surface area (Å²) in [6.07, 6.45) is 4.97. The Morgan fingerprint density at radius 2 is 2.06 bits per heavy atom. The summed E-state index contributed by atoms with van der Waals surface area (Å²) in [5, 5.41) is 17.2. The normalized spacial score (nSPS) is 20.7. The zero-order chi connectivity index (χ0) is 22.2. The highest BCUT2D eigenvalue weighted by Crippen LogP contribution is 2.22. The highest BCUT2D eigenvalue weighted by atomic mass is 19.1. The van der Waals surface area contributed by atoms with E-state index in [0.717, 1.165) is 18.2 Å². The zero-order valence-electron chi connectivity index (χ0n) is 16.6. The van der Waals surface area contributed by atoms with Crippen molar-refractivity contribution in [1.29, 1.82) is 0 Å². The average molecular weight is 435 g/mol. The van der Waals surface area contributed by atoms with E-state index < -0.39 is 29.8 Å². The van der Waals surface area contributed by atoms with Crippen LogP contribution in [0.3, 0.4) is 0 Å². The Morgan fingerprint density at radius 1 is 1.23 bits per heavy atom. The molecule has 0 unspecified atom stereocenters. The Labute approximate surface area is 177 Å². The number of nitrogens with zero attached hydrogens (tertiary/aromatic N) is 2. The average Bonchev–Trinajstić information content (AvgIpc) is 2.77.